The van der Waals surface area contributed by atoms with Crippen LogP contribution in [0.3, 0.4) is 0 Å². The first-order valence-electron chi connectivity index (χ1n) is 9.40. The molecule has 3 rings (SSSR count). The number of likely N-dealkylation sites (tertiary alicyclic amines) is 1. The molecule has 0 spiro atoms. The molecule has 2 atom stereocenters. The Morgan fingerprint density at radius 1 is 1.33 bits per heavy atom. The Kier molecular flexibility index (Phi) is 6.76. The van der Waals surface area contributed by atoms with Crippen LogP contribution in [0.2, 0.25) is 0 Å². The van der Waals surface area contributed by atoms with Gasteiger partial charge < -0.3 is 34.6 Å². The summed E-state index contributed by atoms with van der Waals surface area (Å²) in [6, 6.07) is 3.35. The zero-order valence-corrected chi connectivity index (χ0v) is 15.6. The molecule has 1 fully saturated rings. The minimum atomic E-state index is -0.498. The molecule has 1 saturated heterocycles. The molecule has 0 bridgehead atoms. The molecule has 1 aromatic carbocycles. The number of amides is 1. The molecule has 3 N–H and O–H groups in total. The molecule has 1 amide bonds. The Hall–Kier alpha value is -2.03. The van der Waals surface area contributed by atoms with E-state index in [9.17, 15) is 9.90 Å². The van der Waals surface area contributed by atoms with Crippen molar-refractivity contribution in [3.63, 3.8) is 0 Å². The summed E-state index contributed by atoms with van der Waals surface area (Å²) in [6.07, 6.45) is 1.01. The van der Waals surface area contributed by atoms with Crippen molar-refractivity contribution in [3.8, 4) is 17.2 Å². The SMILES string of the molecule is COc1ccc(C(=O)NC[C@@H]2CCN(CCCO)C[C@H]2O)c2c1OCCO2. The van der Waals surface area contributed by atoms with Crippen LogP contribution in [-0.2, 0) is 0 Å². The fourth-order valence-corrected chi connectivity index (χ4v) is 3.55. The molecule has 0 unspecified atom stereocenters. The number of carbonyl (C=O) groups excluding carboxylic acids is 1. The van der Waals surface area contributed by atoms with Crippen LogP contribution in [0.1, 0.15) is 23.2 Å². The van der Waals surface area contributed by atoms with E-state index in [4.69, 9.17) is 19.3 Å². The van der Waals surface area contributed by atoms with E-state index >= 15 is 0 Å². The molecule has 2 aliphatic heterocycles. The normalized spacial score (nSPS) is 22.3. The van der Waals surface area contributed by atoms with Gasteiger partial charge in [-0.2, -0.15) is 0 Å². The summed E-state index contributed by atoms with van der Waals surface area (Å²) in [6.45, 7) is 3.55. The van der Waals surface area contributed by atoms with Crippen molar-refractivity contribution in [2.24, 2.45) is 5.92 Å². The van der Waals surface area contributed by atoms with Crippen molar-refractivity contribution < 1.29 is 29.2 Å². The minimum absolute atomic E-state index is 0.00516. The van der Waals surface area contributed by atoms with Crippen LogP contribution in [0.4, 0.5) is 0 Å². The Balaban J connectivity index is 1.59. The maximum atomic E-state index is 12.7. The standard InChI is InChI=1S/C19H28N2O6/c1-25-16-4-3-14(17-18(16)27-10-9-26-17)19(24)20-11-13-5-7-21(6-2-8-22)12-15(13)23/h3-4,13,15,22-23H,2,5-12H2,1H3,(H,20,24)/t13-,15+/m0/s1. The molecule has 150 valence electrons. The number of methoxy groups -OCH3 is 1. The summed E-state index contributed by atoms with van der Waals surface area (Å²) < 4.78 is 16.5. The molecule has 2 heterocycles. The third kappa shape index (κ3) is 4.63. The molecule has 1 aromatic rings. The fraction of sp³-hybridized carbons (Fsp3) is 0.632. The average molecular weight is 380 g/mol. The highest BCUT2D eigenvalue weighted by atomic mass is 16.6. The van der Waals surface area contributed by atoms with Crippen LogP contribution in [0, 0.1) is 5.92 Å². The van der Waals surface area contributed by atoms with Crippen LogP contribution >= 0.6 is 0 Å². The number of ether oxygens (including phenoxy) is 3. The molecule has 8 heteroatoms. The Morgan fingerprint density at radius 3 is 2.81 bits per heavy atom. The number of carbonyl (C=O) groups is 1. The van der Waals surface area contributed by atoms with E-state index in [-0.39, 0.29) is 18.4 Å². The zero-order chi connectivity index (χ0) is 19.2. The summed E-state index contributed by atoms with van der Waals surface area (Å²) >= 11 is 0. The van der Waals surface area contributed by atoms with Crippen molar-refractivity contribution in [3.05, 3.63) is 17.7 Å². The van der Waals surface area contributed by atoms with Crippen LogP contribution < -0.4 is 19.5 Å². The maximum Gasteiger partial charge on any atom is 0.255 e. The lowest BCUT2D eigenvalue weighted by Crippen LogP contribution is -2.48. The maximum absolute atomic E-state index is 12.7. The van der Waals surface area contributed by atoms with Gasteiger partial charge in [-0.3, -0.25) is 4.79 Å². The summed E-state index contributed by atoms with van der Waals surface area (Å²) in [5, 5.41) is 22.2. The molecule has 0 aromatic heterocycles. The van der Waals surface area contributed by atoms with Crippen molar-refractivity contribution in [1.82, 2.24) is 10.2 Å². The quantitative estimate of drug-likeness (QED) is 0.624. The van der Waals surface area contributed by atoms with E-state index in [2.05, 4.69) is 10.2 Å². The number of fused-ring (bicyclic) bond motifs is 1. The van der Waals surface area contributed by atoms with Crippen molar-refractivity contribution >= 4 is 5.91 Å². The van der Waals surface area contributed by atoms with E-state index in [1.165, 1.54) is 0 Å². The monoisotopic (exact) mass is 380 g/mol. The first kappa shape index (κ1) is 19.7. The topological polar surface area (TPSA) is 100 Å². The Morgan fingerprint density at radius 2 is 2.11 bits per heavy atom. The van der Waals surface area contributed by atoms with Gasteiger partial charge in [0.15, 0.2) is 11.5 Å². The van der Waals surface area contributed by atoms with E-state index in [0.717, 1.165) is 19.5 Å². The first-order chi connectivity index (χ1) is 13.1. The molecule has 0 radical (unpaired) electrons. The molecule has 8 nitrogen and oxygen atoms in total. The summed E-state index contributed by atoms with van der Waals surface area (Å²) in [5.41, 5.74) is 0.403. The van der Waals surface area contributed by atoms with Gasteiger partial charge in [0.2, 0.25) is 5.75 Å². The second-order valence-corrected chi connectivity index (χ2v) is 6.87. The number of piperidine rings is 1. The van der Waals surface area contributed by atoms with Gasteiger partial charge in [-0.25, -0.2) is 0 Å². The molecule has 2 aliphatic rings. The number of nitrogens with zero attached hydrogens (tertiary/aromatic N) is 1. The van der Waals surface area contributed by atoms with Gasteiger partial charge >= 0.3 is 0 Å². The summed E-state index contributed by atoms with van der Waals surface area (Å²) in [4.78, 5) is 14.8. The van der Waals surface area contributed by atoms with Crippen molar-refractivity contribution in [1.29, 1.82) is 0 Å². The van der Waals surface area contributed by atoms with Crippen LogP contribution in [0.15, 0.2) is 12.1 Å². The fourth-order valence-electron chi connectivity index (χ4n) is 3.55. The third-order valence-corrected chi connectivity index (χ3v) is 5.08. The second kappa shape index (κ2) is 9.25. The van der Waals surface area contributed by atoms with Gasteiger partial charge in [-0.05, 0) is 31.5 Å². The lowest BCUT2D eigenvalue weighted by atomic mass is 9.93. The molecule has 27 heavy (non-hydrogen) atoms. The van der Waals surface area contributed by atoms with E-state index in [1.807, 2.05) is 0 Å². The van der Waals surface area contributed by atoms with Crippen LogP contribution in [0.5, 0.6) is 17.2 Å². The van der Waals surface area contributed by atoms with Crippen molar-refractivity contribution in [2.45, 2.75) is 18.9 Å². The highest BCUT2D eigenvalue weighted by Gasteiger charge is 2.29. The number of β-amino-alcohol motifs (C(OH)–C–C–N with tert-alkyl or cyclic N) is 1. The number of hydrogen-bond acceptors (Lipinski definition) is 7. The Bertz CT molecular complexity index is 653. The molecule has 0 saturated carbocycles. The van der Waals surface area contributed by atoms with Crippen molar-refractivity contribution in [2.75, 3.05) is 53.1 Å². The predicted octanol–water partition coefficient (Wildman–Crippen LogP) is 0.261. The summed E-state index contributed by atoms with van der Waals surface area (Å²) in [5.74, 6) is 1.14. The molecular formula is C19H28N2O6. The molecular weight excluding hydrogens is 352 g/mol. The minimum Gasteiger partial charge on any atom is -0.493 e. The van der Waals surface area contributed by atoms with Gasteiger partial charge in [-0.1, -0.05) is 0 Å². The van der Waals surface area contributed by atoms with E-state index < -0.39 is 6.10 Å². The van der Waals surface area contributed by atoms with Gasteiger partial charge in [0.1, 0.15) is 13.2 Å². The Labute approximate surface area is 159 Å². The largest absolute Gasteiger partial charge is 0.493 e. The third-order valence-electron chi connectivity index (χ3n) is 5.08. The number of aliphatic hydroxyl groups is 2. The number of aliphatic hydroxyl groups excluding tert-OH is 2. The first-order valence-corrected chi connectivity index (χ1v) is 9.40. The number of benzene rings is 1. The van der Waals surface area contributed by atoms with E-state index in [0.29, 0.717) is 55.5 Å². The van der Waals surface area contributed by atoms with E-state index in [1.54, 1.807) is 19.2 Å². The smallest absolute Gasteiger partial charge is 0.255 e. The van der Waals surface area contributed by atoms with Gasteiger partial charge in [-0.15, -0.1) is 0 Å². The number of nitrogens with one attached hydrogen (secondary N) is 1. The highest BCUT2D eigenvalue weighted by Crippen LogP contribution is 2.41. The van der Waals surface area contributed by atoms with Gasteiger partial charge in [0, 0.05) is 32.2 Å². The lowest BCUT2D eigenvalue weighted by molar-refractivity contribution is 0.0201. The van der Waals surface area contributed by atoms with Gasteiger partial charge in [0.25, 0.3) is 5.91 Å². The highest BCUT2D eigenvalue weighted by molar-refractivity contribution is 5.98. The predicted molar refractivity (Wildman–Crippen MR) is 98.6 cm³/mol. The second-order valence-electron chi connectivity index (χ2n) is 6.87. The summed E-state index contributed by atoms with van der Waals surface area (Å²) in [7, 11) is 1.54. The van der Waals surface area contributed by atoms with Crippen LogP contribution in [0.25, 0.3) is 0 Å². The number of hydrogen-bond donors (Lipinski definition) is 3. The number of rotatable bonds is 7. The molecule has 0 aliphatic carbocycles. The zero-order valence-electron chi connectivity index (χ0n) is 15.6. The van der Waals surface area contributed by atoms with Crippen LogP contribution in [-0.4, -0.2) is 80.2 Å². The van der Waals surface area contributed by atoms with Gasteiger partial charge in [0.05, 0.1) is 18.8 Å². The average Bonchev–Trinajstić information content (AvgIpc) is 2.70. The lowest BCUT2D eigenvalue weighted by Gasteiger charge is -2.36.